The highest BCUT2D eigenvalue weighted by Crippen LogP contribution is 2.14. The summed E-state index contributed by atoms with van der Waals surface area (Å²) < 4.78 is 10.0. The van der Waals surface area contributed by atoms with Crippen LogP contribution in [-0.2, 0) is 0 Å². The summed E-state index contributed by atoms with van der Waals surface area (Å²) in [7, 11) is 3.35. The highest BCUT2D eigenvalue weighted by molar-refractivity contribution is 5.31. The van der Waals surface area contributed by atoms with E-state index in [9.17, 15) is 0 Å². The third kappa shape index (κ3) is 4.50. The van der Waals surface area contributed by atoms with E-state index in [2.05, 4.69) is 6.92 Å². The number of hydrogen-bond acceptors (Lipinski definition) is 2. The van der Waals surface area contributed by atoms with E-state index >= 15 is 0 Å². The lowest BCUT2D eigenvalue weighted by molar-refractivity contribution is 0.411. The minimum absolute atomic E-state index is 0.917. The van der Waals surface area contributed by atoms with E-state index < -0.39 is 0 Å². The van der Waals surface area contributed by atoms with Crippen LogP contribution in [0.2, 0.25) is 0 Å². The first-order valence-electron chi connectivity index (χ1n) is 5.87. The summed E-state index contributed by atoms with van der Waals surface area (Å²) in [6.45, 7) is 4.08. The number of aryl methyl sites for hydroxylation is 2. The zero-order chi connectivity index (χ0) is 13.4. The molecule has 2 aromatic rings. The molecule has 0 unspecified atom stereocenters. The smallest absolute Gasteiger partial charge is 0.121 e. The average Bonchev–Trinajstić information content (AvgIpc) is 2.41. The fourth-order valence-corrected chi connectivity index (χ4v) is 1.46. The van der Waals surface area contributed by atoms with Gasteiger partial charge in [0.2, 0.25) is 0 Å². The van der Waals surface area contributed by atoms with E-state index in [0.717, 1.165) is 11.5 Å². The van der Waals surface area contributed by atoms with Gasteiger partial charge in [0.1, 0.15) is 11.5 Å². The standard InChI is InChI=1S/2C8H10O/c1-7-3-5-8(9-2)6-4-7;1-7-5-3-4-6-8(7)9-2/h2*3-6H,1-2H3. The molecule has 0 radical (unpaired) electrons. The Kier molecular flexibility index (Phi) is 5.78. The zero-order valence-corrected chi connectivity index (χ0v) is 11.4. The molecule has 0 aliphatic rings. The van der Waals surface area contributed by atoms with Crippen LogP contribution in [0.25, 0.3) is 0 Å². The number of benzene rings is 2. The van der Waals surface area contributed by atoms with Crippen LogP contribution in [0.3, 0.4) is 0 Å². The Labute approximate surface area is 109 Å². The molecule has 0 atom stereocenters. The second kappa shape index (κ2) is 7.38. The van der Waals surface area contributed by atoms with Gasteiger partial charge in [-0.3, -0.25) is 0 Å². The fraction of sp³-hybridized carbons (Fsp3) is 0.250. The van der Waals surface area contributed by atoms with Crippen molar-refractivity contribution in [3.8, 4) is 11.5 Å². The second-order valence-corrected chi connectivity index (χ2v) is 3.99. The van der Waals surface area contributed by atoms with Crippen LogP contribution in [0.5, 0.6) is 11.5 Å². The lowest BCUT2D eigenvalue weighted by atomic mass is 10.2. The number of para-hydroxylation sites is 1. The van der Waals surface area contributed by atoms with Crippen molar-refractivity contribution >= 4 is 0 Å². The van der Waals surface area contributed by atoms with E-state index in [0.29, 0.717) is 0 Å². The summed E-state index contributed by atoms with van der Waals surface area (Å²) in [5.41, 5.74) is 2.44. The van der Waals surface area contributed by atoms with Crippen molar-refractivity contribution in [2.24, 2.45) is 0 Å². The Morgan fingerprint density at radius 1 is 0.722 bits per heavy atom. The highest BCUT2D eigenvalue weighted by Gasteiger charge is 1.90. The van der Waals surface area contributed by atoms with E-state index in [-0.39, 0.29) is 0 Å². The van der Waals surface area contributed by atoms with Crippen LogP contribution in [0.1, 0.15) is 11.1 Å². The van der Waals surface area contributed by atoms with E-state index in [1.54, 1.807) is 14.2 Å². The predicted molar refractivity (Wildman–Crippen MR) is 75.5 cm³/mol. The van der Waals surface area contributed by atoms with Crippen molar-refractivity contribution in [1.29, 1.82) is 0 Å². The molecular weight excluding hydrogens is 224 g/mol. The molecule has 0 heterocycles. The lowest BCUT2D eigenvalue weighted by Crippen LogP contribution is -1.84. The van der Waals surface area contributed by atoms with Crippen LogP contribution in [0.4, 0.5) is 0 Å². The summed E-state index contributed by atoms with van der Waals surface area (Å²) in [5.74, 6) is 1.87. The number of hydrogen-bond donors (Lipinski definition) is 0. The number of methoxy groups -OCH3 is 2. The topological polar surface area (TPSA) is 18.5 Å². The van der Waals surface area contributed by atoms with Gasteiger partial charge in [-0.15, -0.1) is 0 Å². The Balaban J connectivity index is 0.000000180. The van der Waals surface area contributed by atoms with Crippen LogP contribution in [-0.4, -0.2) is 14.2 Å². The first-order chi connectivity index (χ1) is 8.67. The summed E-state index contributed by atoms with van der Waals surface area (Å²) in [6, 6.07) is 15.9. The van der Waals surface area contributed by atoms with Crippen molar-refractivity contribution in [2.75, 3.05) is 14.2 Å². The van der Waals surface area contributed by atoms with Crippen LogP contribution in [0.15, 0.2) is 48.5 Å². The predicted octanol–water partition coefficient (Wildman–Crippen LogP) is 4.01. The second-order valence-electron chi connectivity index (χ2n) is 3.99. The van der Waals surface area contributed by atoms with Gasteiger partial charge in [-0.25, -0.2) is 0 Å². The molecule has 2 nitrogen and oxygen atoms in total. The van der Waals surface area contributed by atoms with Gasteiger partial charge in [0.15, 0.2) is 0 Å². The minimum Gasteiger partial charge on any atom is -0.497 e. The van der Waals surface area contributed by atoms with Crippen molar-refractivity contribution in [1.82, 2.24) is 0 Å². The van der Waals surface area contributed by atoms with Gasteiger partial charge in [-0.2, -0.15) is 0 Å². The number of rotatable bonds is 2. The molecule has 0 aliphatic carbocycles. The number of ether oxygens (including phenoxy) is 2. The molecule has 0 N–H and O–H groups in total. The summed E-state index contributed by atoms with van der Waals surface area (Å²) in [5, 5.41) is 0. The van der Waals surface area contributed by atoms with E-state index in [1.807, 2.05) is 55.5 Å². The molecule has 0 spiro atoms. The molecule has 2 aromatic carbocycles. The van der Waals surface area contributed by atoms with Crippen molar-refractivity contribution < 1.29 is 9.47 Å². The summed E-state index contributed by atoms with van der Waals surface area (Å²) in [6.07, 6.45) is 0. The van der Waals surface area contributed by atoms with Gasteiger partial charge < -0.3 is 9.47 Å². The average molecular weight is 244 g/mol. The molecular formula is C16H20O2. The van der Waals surface area contributed by atoms with Crippen LogP contribution >= 0.6 is 0 Å². The Morgan fingerprint density at radius 2 is 1.33 bits per heavy atom. The monoisotopic (exact) mass is 244 g/mol. The lowest BCUT2D eigenvalue weighted by Gasteiger charge is -2.00. The largest absolute Gasteiger partial charge is 0.497 e. The molecule has 0 saturated heterocycles. The molecule has 0 aliphatic heterocycles. The normalized spacial score (nSPS) is 9.11. The van der Waals surface area contributed by atoms with Crippen molar-refractivity contribution in [3.63, 3.8) is 0 Å². The molecule has 0 amide bonds. The first-order valence-corrected chi connectivity index (χ1v) is 5.87. The Hall–Kier alpha value is -1.96. The van der Waals surface area contributed by atoms with Gasteiger partial charge >= 0.3 is 0 Å². The summed E-state index contributed by atoms with van der Waals surface area (Å²) in [4.78, 5) is 0. The third-order valence-electron chi connectivity index (χ3n) is 2.57. The molecule has 0 fully saturated rings. The van der Waals surface area contributed by atoms with Gasteiger partial charge in [-0.1, -0.05) is 35.9 Å². The maximum atomic E-state index is 5.04. The van der Waals surface area contributed by atoms with E-state index in [4.69, 9.17) is 9.47 Å². The molecule has 96 valence electrons. The zero-order valence-electron chi connectivity index (χ0n) is 11.4. The van der Waals surface area contributed by atoms with Crippen LogP contribution in [0, 0.1) is 13.8 Å². The maximum Gasteiger partial charge on any atom is 0.121 e. The SMILES string of the molecule is COc1ccc(C)cc1.COc1ccccc1C. The molecule has 0 saturated carbocycles. The summed E-state index contributed by atoms with van der Waals surface area (Å²) >= 11 is 0. The Morgan fingerprint density at radius 3 is 1.78 bits per heavy atom. The van der Waals surface area contributed by atoms with Crippen molar-refractivity contribution in [2.45, 2.75) is 13.8 Å². The maximum absolute atomic E-state index is 5.04. The molecule has 2 rings (SSSR count). The Bertz CT molecular complexity index is 461. The first kappa shape index (κ1) is 14.1. The van der Waals surface area contributed by atoms with Gasteiger partial charge in [0.05, 0.1) is 14.2 Å². The van der Waals surface area contributed by atoms with Crippen molar-refractivity contribution in [3.05, 3.63) is 59.7 Å². The molecule has 0 aromatic heterocycles. The molecule has 0 bridgehead atoms. The highest BCUT2D eigenvalue weighted by atomic mass is 16.5. The third-order valence-corrected chi connectivity index (χ3v) is 2.57. The van der Waals surface area contributed by atoms with Crippen LogP contribution < -0.4 is 9.47 Å². The molecule has 18 heavy (non-hydrogen) atoms. The fourth-order valence-electron chi connectivity index (χ4n) is 1.46. The van der Waals surface area contributed by atoms with Gasteiger partial charge in [-0.05, 0) is 37.6 Å². The minimum atomic E-state index is 0.917. The molecule has 2 heteroatoms. The quantitative estimate of drug-likeness (QED) is 0.794. The van der Waals surface area contributed by atoms with Gasteiger partial charge in [0.25, 0.3) is 0 Å². The van der Waals surface area contributed by atoms with Gasteiger partial charge in [0, 0.05) is 0 Å². The van der Waals surface area contributed by atoms with E-state index in [1.165, 1.54) is 11.1 Å².